The Bertz CT molecular complexity index is 1270. The largest absolute Gasteiger partial charge is 0.492 e. The summed E-state index contributed by atoms with van der Waals surface area (Å²) in [6, 6.07) is 12.5. The maximum absolute atomic E-state index is 13.0. The summed E-state index contributed by atoms with van der Waals surface area (Å²) in [5, 5.41) is 15.9. The summed E-state index contributed by atoms with van der Waals surface area (Å²) < 4.78 is 10.3. The van der Waals surface area contributed by atoms with Crippen LogP contribution in [0.3, 0.4) is 0 Å². The predicted octanol–water partition coefficient (Wildman–Crippen LogP) is 4.47. The summed E-state index contributed by atoms with van der Waals surface area (Å²) in [4.78, 5) is 38.1. The zero-order valence-corrected chi connectivity index (χ0v) is 21.9. The van der Waals surface area contributed by atoms with Gasteiger partial charge in [-0.1, -0.05) is 35.5 Å². The van der Waals surface area contributed by atoms with Gasteiger partial charge in [0.05, 0.1) is 41.2 Å². The van der Waals surface area contributed by atoms with E-state index < -0.39 is 23.7 Å². The third kappa shape index (κ3) is 6.01. The van der Waals surface area contributed by atoms with Gasteiger partial charge in [0, 0.05) is 11.6 Å². The van der Waals surface area contributed by atoms with E-state index in [1.54, 1.807) is 24.3 Å². The lowest BCUT2D eigenvalue weighted by molar-refractivity contribution is -0.150. The second-order valence-electron chi connectivity index (χ2n) is 8.08. The lowest BCUT2D eigenvalue weighted by Crippen LogP contribution is -2.44. The molecule has 0 saturated carbocycles. The molecule has 8 nitrogen and oxygen atoms in total. The van der Waals surface area contributed by atoms with Crippen molar-refractivity contribution in [2.24, 2.45) is 5.92 Å². The molecular weight excluding hydrogens is 502 g/mol. The van der Waals surface area contributed by atoms with Crippen molar-refractivity contribution in [2.75, 3.05) is 24.8 Å². The number of ether oxygens (including phenoxy) is 2. The number of nitrogens with one attached hydrogen (secondary N) is 2. The van der Waals surface area contributed by atoms with E-state index in [4.69, 9.17) is 21.1 Å². The number of thioether (sulfide) groups is 1. The number of allylic oxidation sites excluding steroid dienone is 1. The molecule has 0 spiro atoms. The summed E-state index contributed by atoms with van der Waals surface area (Å²) in [7, 11) is 1.18. The van der Waals surface area contributed by atoms with Crippen molar-refractivity contribution in [3.63, 3.8) is 0 Å². The highest BCUT2D eigenvalue weighted by Gasteiger charge is 2.44. The molecule has 2 aromatic rings. The zero-order valence-electron chi connectivity index (χ0n) is 20.3. The zero-order chi connectivity index (χ0) is 26.4. The Morgan fingerprint density at radius 1 is 1.19 bits per heavy atom. The van der Waals surface area contributed by atoms with Crippen LogP contribution >= 0.6 is 23.4 Å². The molecule has 0 aromatic heterocycles. The van der Waals surface area contributed by atoms with Crippen LogP contribution in [0.5, 0.6) is 5.75 Å². The Morgan fingerprint density at radius 2 is 1.94 bits per heavy atom. The van der Waals surface area contributed by atoms with E-state index in [0.717, 1.165) is 22.9 Å². The Labute approximate surface area is 219 Å². The van der Waals surface area contributed by atoms with Gasteiger partial charge in [-0.15, -0.1) is 0 Å². The topological polar surface area (TPSA) is 118 Å². The minimum Gasteiger partial charge on any atom is -0.492 e. The van der Waals surface area contributed by atoms with Crippen LogP contribution in [0.4, 0.5) is 5.69 Å². The molecule has 10 heteroatoms. The summed E-state index contributed by atoms with van der Waals surface area (Å²) in [6.07, 6.45) is 0. The number of anilines is 1. The first-order valence-corrected chi connectivity index (χ1v) is 12.5. The number of hydrogen-bond donors (Lipinski definition) is 2. The Morgan fingerprint density at radius 3 is 2.56 bits per heavy atom. The first kappa shape index (κ1) is 27.1. The average molecular weight is 528 g/mol. The Kier molecular flexibility index (Phi) is 9.02. The highest BCUT2D eigenvalue weighted by Crippen LogP contribution is 2.42. The Hall–Kier alpha value is -3.48. The number of aryl methyl sites for hydroxylation is 2. The van der Waals surface area contributed by atoms with Crippen molar-refractivity contribution in [1.82, 2.24) is 5.32 Å². The van der Waals surface area contributed by atoms with Gasteiger partial charge < -0.3 is 20.1 Å². The standard InChI is InChI=1S/C26H26ClN3O5S/c1-5-35-20-9-7-16(11-19(20)27)22-18(12-28)25(30-24(32)23(22)26(33)34-4)36-13-21(31)29-17-8-6-14(2)15(3)10-17/h6-11,22-23H,5,13H2,1-4H3,(H,29,31)(H,30,32)/t22-,23+/m1/s1. The van der Waals surface area contributed by atoms with E-state index >= 15 is 0 Å². The number of nitriles is 1. The fourth-order valence-corrected chi connectivity index (χ4v) is 4.91. The van der Waals surface area contributed by atoms with Crippen molar-refractivity contribution < 1.29 is 23.9 Å². The third-order valence-corrected chi connectivity index (χ3v) is 7.05. The van der Waals surface area contributed by atoms with Crippen molar-refractivity contribution >= 4 is 46.8 Å². The van der Waals surface area contributed by atoms with Gasteiger partial charge in [0.15, 0.2) is 0 Å². The number of halogens is 1. The summed E-state index contributed by atoms with van der Waals surface area (Å²) in [5.74, 6) is -3.59. The van der Waals surface area contributed by atoms with Crippen LogP contribution in [0.25, 0.3) is 0 Å². The van der Waals surface area contributed by atoms with Crippen molar-refractivity contribution in [2.45, 2.75) is 26.7 Å². The normalized spacial score (nSPS) is 17.2. The molecule has 1 heterocycles. The van der Waals surface area contributed by atoms with Crippen LogP contribution in [-0.2, 0) is 19.1 Å². The van der Waals surface area contributed by atoms with Crippen LogP contribution < -0.4 is 15.4 Å². The molecule has 2 N–H and O–H groups in total. The molecule has 0 aliphatic carbocycles. The highest BCUT2D eigenvalue weighted by molar-refractivity contribution is 8.03. The lowest BCUT2D eigenvalue weighted by atomic mass is 9.78. The monoisotopic (exact) mass is 527 g/mol. The van der Waals surface area contributed by atoms with E-state index in [2.05, 4.69) is 16.7 Å². The smallest absolute Gasteiger partial charge is 0.319 e. The molecule has 188 valence electrons. The number of carbonyl (C=O) groups is 3. The van der Waals surface area contributed by atoms with Gasteiger partial charge in [-0.25, -0.2) is 0 Å². The number of benzene rings is 2. The van der Waals surface area contributed by atoms with Crippen LogP contribution in [0.1, 0.15) is 29.5 Å². The van der Waals surface area contributed by atoms with Crippen LogP contribution in [-0.4, -0.2) is 37.3 Å². The molecule has 0 saturated heterocycles. The second kappa shape index (κ2) is 12.0. The minimum absolute atomic E-state index is 0.0621. The van der Waals surface area contributed by atoms with Crippen molar-refractivity contribution in [3.05, 3.63) is 68.7 Å². The maximum atomic E-state index is 13.0. The van der Waals surface area contributed by atoms with Gasteiger partial charge in [-0.3, -0.25) is 14.4 Å². The van der Waals surface area contributed by atoms with E-state index in [1.807, 2.05) is 32.9 Å². The predicted molar refractivity (Wildman–Crippen MR) is 139 cm³/mol. The number of esters is 1. The molecule has 3 rings (SSSR count). The van der Waals surface area contributed by atoms with Crippen molar-refractivity contribution in [3.8, 4) is 11.8 Å². The molecule has 1 aliphatic heterocycles. The molecule has 0 unspecified atom stereocenters. The minimum atomic E-state index is -1.30. The summed E-state index contributed by atoms with van der Waals surface area (Å²) in [5.41, 5.74) is 3.41. The SMILES string of the molecule is CCOc1ccc([C@@H]2C(C#N)=C(SCC(=O)Nc3ccc(C)c(C)c3)NC(=O)[C@H]2C(=O)OC)cc1Cl. The molecule has 2 amide bonds. The first-order valence-electron chi connectivity index (χ1n) is 11.1. The Balaban J connectivity index is 1.91. The van der Waals surface area contributed by atoms with Crippen LogP contribution in [0.15, 0.2) is 47.0 Å². The second-order valence-corrected chi connectivity index (χ2v) is 9.47. The van der Waals surface area contributed by atoms with Gasteiger partial charge in [0.1, 0.15) is 11.7 Å². The van der Waals surface area contributed by atoms with Crippen LogP contribution in [0, 0.1) is 31.1 Å². The average Bonchev–Trinajstić information content (AvgIpc) is 2.85. The molecule has 0 radical (unpaired) electrons. The molecule has 2 atom stereocenters. The number of hydrogen-bond acceptors (Lipinski definition) is 7. The number of rotatable bonds is 8. The van der Waals surface area contributed by atoms with E-state index in [9.17, 15) is 19.6 Å². The third-order valence-electron chi connectivity index (χ3n) is 5.74. The molecular formula is C26H26ClN3O5S. The molecule has 0 bridgehead atoms. The fraction of sp³-hybridized carbons (Fsp3) is 0.308. The van der Waals surface area contributed by atoms with Gasteiger partial charge in [0.2, 0.25) is 11.8 Å². The van der Waals surface area contributed by atoms with E-state index in [1.165, 1.54) is 7.11 Å². The quantitative estimate of drug-likeness (QED) is 0.384. The van der Waals surface area contributed by atoms with Gasteiger partial charge in [-0.05, 0) is 61.7 Å². The lowest BCUT2D eigenvalue weighted by Gasteiger charge is -2.31. The van der Waals surface area contributed by atoms with Crippen molar-refractivity contribution in [1.29, 1.82) is 5.26 Å². The van der Waals surface area contributed by atoms with E-state index in [-0.39, 0.29) is 27.3 Å². The summed E-state index contributed by atoms with van der Waals surface area (Å²) in [6.45, 7) is 6.16. The number of amides is 2. The summed E-state index contributed by atoms with van der Waals surface area (Å²) >= 11 is 7.36. The maximum Gasteiger partial charge on any atom is 0.319 e. The molecule has 2 aromatic carbocycles. The fourth-order valence-electron chi connectivity index (χ4n) is 3.82. The van der Waals surface area contributed by atoms with Crippen LogP contribution in [0.2, 0.25) is 5.02 Å². The number of carbonyl (C=O) groups excluding carboxylic acids is 3. The molecule has 36 heavy (non-hydrogen) atoms. The molecule has 1 aliphatic rings. The van der Waals surface area contributed by atoms with Gasteiger partial charge in [0.25, 0.3) is 0 Å². The highest BCUT2D eigenvalue weighted by atomic mass is 35.5. The first-order chi connectivity index (χ1) is 17.2. The van der Waals surface area contributed by atoms with Gasteiger partial charge >= 0.3 is 5.97 Å². The number of nitrogens with zero attached hydrogens (tertiary/aromatic N) is 1. The van der Waals surface area contributed by atoms with Gasteiger partial charge in [-0.2, -0.15) is 5.26 Å². The molecule has 0 fully saturated rings. The van der Waals surface area contributed by atoms with E-state index in [0.29, 0.717) is 23.6 Å². The number of methoxy groups -OCH3 is 1.